The van der Waals surface area contributed by atoms with Crippen molar-refractivity contribution in [3.8, 4) is 0 Å². The minimum atomic E-state index is 0.315. The van der Waals surface area contributed by atoms with E-state index < -0.39 is 0 Å². The molecule has 1 heterocycles. The molecule has 0 saturated carbocycles. The molecule has 1 aromatic heterocycles. The van der Waals surface area contributed by atoms with E-state index in [4.69, 9.17) is 0 Å². The largest absolute Gasteiger partial charge is 0.312 e. The second-order valence-electron chi connectivity index (χ2n) is 4.71. The third kappa shape index (κ3) is 3.78. The highest BCUT2D eigenvalue weighted by atomic mass is 32.2. The van der Waals surface area contributed by atoms with Crippen molar-refractivity contribution in [1.29, 1.82) is 0 Å². The van der Waals surface area contributed by atoms with Crippen LogP contribution in [0.3, 0.4) is 0 Å². The lowest BCUT2D eigenvalue weighted by molar-refractivity contribution is 0.472. The van der Waals surface area contributed by atoms with Gasteiger partial charge in [-0.2, -0.15) is 4.37 Å². The lowest BCUT2D eigenvalue weighted by Crippen LogP contribution is -2.31. The van der Waals surface area contributed by atoms with Gasteiger partial charge in [0.2, 0.25) is 0 Å². The Hall–Kier alpha value is -0.910. The van der Waals surface area contributed by atoms with E-state index in [0.717, 1.165) is 4.34 Å². The van der Waals surface area contributed by atoms with Crippen LogP contribution in [0.2, 0.25) is 0 Å². The van der Waals surface area contributed by atoms with Gasteiger partial charge in [-0.3, -0.25) is 0 Å². The van der Waals surface area contributed by atoms with Crippen LogP contribution < -0.4 is 5.32 Å². The second-order valence-corrected chi connectivity index (χ2v) is 6.92. The van der Waals surface area contributed by atoms with Crippen molar-refractivity contribution < 1.29 is 0 Å². The van der Waals surface area contributed by atoms with Crippen LogP contribution in [0, 0.1) is 5.92 Å². The highest BCUT2D eigenvalue weighted by Crippen LogP contribution is 2.36. The maximum Gasteiger partial charge on any atom is 0.170 e. The molecular weight excluding hydrogens is 274 g/mol. The molecule has 0 fully saturated rings. The molecule has 0 aliphatic carbocycles. The third-order valence-corrected chi connectivity index (χ3v) is 5.40. The monoisotopic (exact) mass is 293 g/mol. The summed E-state index contributed by atoms with van der Waals surface area (Å²) in [5.41, 5.74) is 1.32. The van der Waals surface area contributed by atoms with E-state index in [2.05, 4.69) is 58.9 Å². The van der Waals surface area contributed by atoms with Crippen molar-refractivity contribution in [2.45, 2.75) is 29.5 Å². The fourth-order valence-electron chi connectivity index (χ4n) is 2.10. The number of benzene rings is 1. The Morgan fingerprint density at radius 3 is 2.47 bits per heavy atom. The number of aromatic nitrogens is 2. The van der Waals surface area contributed by atoms with Gasteiger partial charge < -0.3 is 5.32 Å². The molecule has 0 spiro atoms. The van der Waals surface area contributed by atoms with E-state index in [1.54, 1.807) is 6.33 Å². The zero-order chi connectivity index (χ0) is 13.7. The van der Waals surface area contributed by atoms with Gasteiger partial charge in [-0.15, -0.1) is 0 Å². The highest BCUT2D eigenvalue weighted by molar-refractivity contribution is 8.01. The molecule has 0 radical (unpaired) electrons. The van der Waals surface area contributed by atoms with Crippen LogP contribution in [0.25, 0.3) is 0 Å². The summed E-state index contributed by atoms with van der Waals surface area (Å²) in [5.74, 6) is 0.548. The minimum absolute atomic E-state index is 0.315. The number of thioether (sulfide) groups is 1. The molecular formula is C14H19N3S2. The molecule has 3 nitrogen and oxygen atoms in total. The lowest BCUT2D eigenvalue weighted by atomic mass is 9.96. The molecule has 19 heavy (non-hydrogen) atoms. The Morgan fingerprint density at radius 2 is 1.95 bits per heavy atom. The third-order valence-electron chi connectivity index (χ3n) is 3.03. The van der Waals surface area contributed by atoms with E-state index in [-0.39, 0.29) is 0 Å². The molecule has 0 aliphatic rings. The normalized spacial score (nSPS) is 14.5. The van der Waals surface area contributed by atoms with Gasteiger partial charge in [-0.1, -0.05) is 55.9 Å². The quantitative estimate of drug-likeness (QED) is 0.826. The van der Waals surface area contributed by atoms with Gasteiger partial charge in [0, 0.05) is 11.3 Å². The summed E-state index contributed by atoms with van der Waals surface area (Å²) in [5, 5.41) is 3.88. The standard InChI is InChI=1S/C14H19N3S2/c1-10(2)13(18-14-16-9-17-19-14)12(15-3)11-7-5-4-6-8-11/h4-10,12-13,15H,1-3H3. The summed E-state index contributed by atoms with van der Waals surface area (Å²) >= 11 is 3.28. The van der Waals surface area contributed by atoms with Gasteiger partial charge in [-0.25, -0.2) is 4.98 Å². The van der Waals surface area contributed by atoms with Crippen molar-refractivity contribution in [3.05, 3.63) is 42.2 Å². The Bertz CT molecular complexity index is 471. The van der Waals surface area contributed by atoms with Gasteiger partial charge in [0.25, 0.3) is 0 Å². The number of hydrogen-bond acceptors (Lipinski definition) is 5. The molecule has 0 aliphatic heterocycles. The first-order chi connectivity index (χ1) is 9.22. The van der Waals surface area contributed by atoms with Gasteiger partial charge in [0.05, 0.1) is 0 Å². The van der Waals surface area contributed by atoms with E-state index in [0.29, 0.717) is 17.2 Å². The molecule has 5 heteroatoms. The zero-order valence-electron chi connectivity index (χ0n) is 11.4. The average Bonchev–Trinajstić information content (AvgIpc) is 2.92. The molecule has 2 unspecified atom stereocenters. The first kappa shape index (κ1) is 14.5. The van der Waals surface area contributed by atoms with Crippen LogP contribution in [0.1, 0.15) is 25.5 Å². The number of hydrogen-bond donors (Lipinski definition) is 1. The zero-order valence-corrected chi connectivity index (χ0v) is 13.0. The van der Waals surface area contributed by atoms with E-state index in [1.165, 1.54) is 17.1 Å². The van der Waals surface area contributed by atoms with Gasteiger partial charge in [0.15, 0.2) is 4.34 Å². The maximum atomic E-state index is 4.29. The fourth-order valence-corrected chi connectivity index (χ4v) is 4.06. The molecule has 0 bridgehead atoms. The van der Waals surface area contributed by atoms with Crippen molar-refractivity contribution in [1.82, 2.24) is 14.7 Å². The predicted molar refractivity (Wildman–Crippen MR) is 82.6 cm³/mol. The molecule has 1 aromatic carbocycles. The highest BCUT2D eigenvalue weighted by Gasteiger charge is 2.26. The fraction of sp³-hybridized carbons (Fsp3) is 0.429. The summed E-state index contributed by atoms with van der Waals surface area (Å²) < 4.78 is 5.12. The molecule has 102 valence electrons. The van der Waals surface area contributed by atoms with Crippen LogP contribution >= 0.6 is 23.3 Å². The van der Waals surface area contributed by atoms with Gasteiger partial charge in [0.1, 0.15) is 6.33 Å². The van der Waals surface area contributed by atoms with Crippen LogP contribution in [0.5, 0.6) is 0 Å². The van der Waals surface area contributed by atoms with Gasteiger partial charge >= 0.3 is 0 Å². The summed E-state index contributed by atoms with van der Waals surface area (Å²) in [6.07, 6.45) is 1.63. The number of nitrogens with one attached hydrogen (secondary N) is 1. The Kier molecular flexibility index (Phi) is 5.36. The van der Waals surface area contributed by atoms with Crippen LogP contribution in [-0.4, -0.2) is 21.7 Å². The Labute approximate surface area is 123 Å². The van der Waals surface area contributed by atoms with E-state index in [9.17, 15) is 0 Å². The second kappa shape index (κ2) is 7.03. The van der Waals surface area contributed by atoms with Crippen LogP contribution in [-0.2, 0) is 0 Å². The molecule has 0 saturated heterocycles. The minimum Gasteiger partial charge on any atom is -0.312 e. The van der Waals surface area contributed by atoms with Crippen molar-refractivity contribution in [3.63, 3.8) is 0 Å². The summed E-state index contributed by atoms with van der Waals surface area (Å²) in [6.45, 7) is 4.51. The SMILES string of the molecule is CNC(c1ccccc1)C(Sc1ncns1)C(C)C. The van der Waals surface area contributed by atoms with Gasteiger partial charge in [-0.05, 0) is 30.1 Å². The molecule has 2 rings (SSSR count). The topological polar surface area (TPSA) is 37.8 Å². The van der Waals surface area contributed by atoms with E-state index >= 15 is 0 Å². The number of nitrogens with zero attached hydrogens (tertiary/aromatic N) is 2. The average molecular weight is 293 g/mol. The first-order valence-electron chi connectivity index (χ1n) is 6.38. The Balaban J connectivity index is 2.21. The van der Waals surface area contributed by atoms with Crippen molar-refractivity contribution in [2.24, 2.45) is 5.92 Å². The van der Waals surface area contributed by atoms with Crippen molar-refractivity contribution in [2.75, 3.05) is 7.05 Å². The summed E-state index contributed by atoms with van der Waals surface area (Å²) in [6, 6.07) is 10.9. The summed E-state index contributed by atoms with van der Waals surface area (Å²) in [7, 11) is 2.02. The van der Waals surface area contributed by atoms with Crippen LogP contribution in [0.4, 0.5) is 0 Å². The first-order valence-corrected chi connectivity index (χ1v) is 8.03. The molecule has 2 atom stereocenters. The Morgan fingerprint density at radius 1 is 1.21 bits per heavy atom. The molecule has 0 amide bonds. The summed E-state index contributed by atoms with van der Waals surface area (Å²) in [4.78, 5) is 4.29. The van der Waals surface area contributed by atoms with Crippen molar-refractivity contribution >= 4 is 23.3 Å². The maximum absolute atomic E-state index is 4.29. The van der Waals surface area contributed by atoms with Crippen LogP contribution in [0.15, 0.2) is 41.0 Å². The van der Waals surface area contributed by atoms with E-state index in [1.807, 2.05) is 18.8 Å². The lowest BCUT2D eigenvalue weighted by Gasteiger charge is -2.29. The number of rotatable bonds is 6. The smallest absolute Gasteiger partial charge is 0.170 e. The molecule has 1 N–H and O–H groups in total. The predicted octanol–water partition coefficient (Wildman–Crippen LogP) is 3.62. The molecule has 2 aromatic rings.